The van der Waals surface area contributed by atoms with Crippen LogP contribution >= 0.6 is 11.6 Å². The molecule has 4 aliphatic carbocycles. The van der Waals surface area contributed by atoms with Crippen LogP contribution in [-0.4, -0.2) is 17.5 Å². The summed E-state index contributed by atoms with van der Waals surface area (Å²) in [5.41, 5.74) is 2.45. The second-order valence-electron chi connectivity index (χ2n) is 13.6. The van der Waals surface area contributed by atoms with Crippen molar-refractivity contribution in [1.29, 1.82) is 0 Å². The third-order valence-corrected chi connectivity index (χ3v) is 11.2. The number of allylic oxidation sites excluding steroid dienone is 1. The van der Waals surface area contributed by atoms with E-state index in [9.17, 15) is 4.79 Å². The molecule has 0 unspecified atom stereocenters. The number of alkyl halides is 1. The van der Waals surface area contributed by atoms with E-state index in [-0.39, 0.29) is 17.5 Å². The average Bonchev–Trinajstić information content (AvgIpc) is 3.10. The average molecular weight is 491 g/mol. The van der Waals surface area contributed by atoms with E-state index >= 15 is 0 Å². The van der Waals surface area contributed by atoms with Gasteiger partial charge in [0.1, 0.15) is 6.10 Å². The van der Waals surface area contributed by atoms with Gasteiger partial charge in [-0.3, -0.25) is 4.79 Å². The lowest BCUT2D eigenvalue weighted by Crippen LogP contribution is -2.51. The van der Waals surface area contributed by atoms with Gasteiger partial charge in [0, 0.05) is 11.8 Å². The number of carbonyl (C=O) groups excluding carboxylic acids is 1. The predicted molar refractivity (Wildman–Crippen MR) is 143 cm³/mol. The van der Waals surface area contributed by atoms with E-state index in [4.69, 9.17) is 16.3 Å². The highest BCUT2D eigenvalue weighted by molar-refractivity contribution is 6.21. The van der Waals surface area contributed by atoms with Crippen molar-refractivity contribution in [3.05, 3.63) is 11.6 Å². The zero-order chi connectivity index (χ0) is 24.7. The minimum absolute atomic E-state index is 0.0511. The fraction of sp³-hybridized carbons (Fsp3) is 0.903. The van der Waals surface area contributed by atoms with Crippen LogP contribution in [0.3, 0.4) is 0 Å². The summed E-state index contributed by atoms with van der Waals surface area (Å²) in [5.74, 6) is 5.08. The highest BCUT2D eigenvalue weighted by atomic mass is 35.5. The zero-order valence-electron chi connectivity index (χ0n) is 22.9. The second-order valence-corrected chi connectivity index (χ2v) is 14.4. The third-order valence-electron chi connectivity index (χ3n) is 11.0. The van der Waals surface area contributed by atoms with Crippen LogP contribution in [0.15, 0.2) is 11.6 Å². The Morgan fingerprint density at radius 2 is 1.82 bits per heavy atom. The molecule has 3 saturated carbocycles. The highest BCUT2D eigenvalue weighted by Crippen LogP contribution is 2.67. The minimum Gasteiger partial charge on any atom is -0.462 e. The standard InChI is InChI=1S/C31H51ClO2/c1-20(2)8-7-9-21(3)26-12-13-27-25-11-10-23-19-24(34-29(33)18-22(4)32)14-16-30(23,5)28(25)15-17-31(26,27)6/h10,20-22,24-28H,7-9,11-19H2,1-6H3/t21-,22+,24-,25+,26-,27+,28+,30-,31+/m0/s1. The lowest BCUT2D eigenvalue weighted by atomic mass is 9.47. The van der Waals surface area contributed by atoms with E-state index in [1.54, 1.807) is 5.57 Å². The molecule has 9 atom stereocenters. The number of rotatable bonds is 8. The molecule has 0 radical (unpaired) electrons. The normalized spacial score (nSPS) is 41.2. The number of hydrogen-bond acceptors (Lipinski definition) is 2. The topological polar surface area (TPSA) is 26.3 Å². The molecule has 4 aliphatic rings. The summed E-state index contributed by atoms with van der Waals surface area (Å²) in [6.07, 6.45) is 17.3. The monoisotopic (exact) mass is 490 g/mol. The maximum atomic E-state index is 12.2. The van der Waals surface area contributed by atoms with Crippen LogP contribution < -0.4 is 0 Å². The molecule has 0 aromatic heterocycles. The Morgan fingerprint density at radius 3 is 2.53 bits per heavy atom. The first-order valence-corrected chi connectivity index (χ1v) is 15.0. The van der Waals surface area contributed by atoms with Crippen LogP contribution in [0.4, 0.5) is 0 Å². The van der Waals surface area contributed by atoms with Crippen LogP contribution in [0.5, 0.6) is 0 Å². The van der Waals surface area contributed by atoms with Gasteiger partial charge in [0.2, 0.25) is 0 Å². The van der Waals surface area contributed by atoms with Crippen molar-refractivity contribution >= 4 is 17.6 Å². The maximum Gasteiger partial charge on any atom is 0.307 e. The Balaban J connectivity index is 1.42. The number of hydrogen-bond donors (Lipinski definition) is 0. The lowest BCUT2D eigenvalue weighted by molar-refractivity contribution is -0.151. The molecule has 2 nitrogen and oxygen atoms in total. The quantitative estimate of drug-likeness (QED) is 0.193. The van der Waals surface area contributed by atoms with Gasteiger partial charge < -0.3 is 4.74 Å². The van der Waals surface area contributed by atoms with Crippen LogP contribution in [0.25, 0.3) is 0 Å². The van der Waals surface area contributed by atoms with Gasteiger partial charge in [-0.1, -0.05) is 65.5 Å². The Hall–Kier alpha value is -0.500. The summed E-state index contributed by atoms with van der Waals surface area (Å²) < 4.78 is 5.84. The molecule has 0 spiro atoms. The van der Waals surface area contributed by atoms with E-state index in [1.807, 2.05) is 6.92 Å². The first kappa shape index (κ1) is 26.6. The smallest absolute Gasteiger partial charge is 0.307 e. The number of esters is 1. The van der Waals surface area contributed by atoms with E-state index < -0.39 is 0 Å². The van der Waals surface area contributed by atoms with Crippen molar-refractivity contribution in [2.45, 2.75) is 130 Å². The van der Waals surface area contributed by atoms with Gasteiger partial charge in [-0.25, -0.2) is 0 Å². The number of carbonyl (C=O) groups is 1. The van der Waals surface area contributed by atoms with Gasteiger partial charge in [0.15, 0.2) is 0 Å². The van der Waals surface area contributed by atoms with Crippen LogP contribution in [0.1, 0.15) is 119 Å². The Morgan fingerprint density at radius 1 is 1.06 bits per heavy atom. The summed E-state index contributed by atoms with van der Waals surface area (Å²) in [4.78, 5) is 12.2. The second kappa shape index (κ2) is 10.5. The minimum atomic E-state index is -0.152. The van der Waals surface area contributed by atoms with Crippen molar-refractivity contribution in [1.82, 2.24) is 0 Å². The molecule has 0 heterocycles. The third kappa shape index (κ3) is 5.14. The van der Waals surface area contributed by atoms with E-state index in [2.05, 4.69) is 40.7 Å². The molecule has 3 fully saturated rings. The van der Waals surface area contributed by atoms with E-state index in [0.29, 0.717) is 17.3 Å². The van der Waals surface area contributed by atoms with Gasteiger partial charge in [0.05, 0.1) is 6.42 Å². The summed E-state index contributed by atoms with van der Waals surface area (Å²) in [7, 11) is 0. The molecule has 0 N–H and O–H groups in total. The first-order valence-electron chi connectivity index (χ1n) is 14.6. The lowest BCUT2D eigenvalue weighted by Gasteiger charge is -2.58. The van der Waals surface area contributed by atoms with Crippen molar-refractivity contribution in [2.75, 3.05) is 0 Å². The summed E-state index contributed by atoms with van der Waals surface area (Å²) >= 11 is 6.01. The Bertz CT molecular complexity index is 757. The van der Waals surface area contributed by atoms with Gasteiger partial charge in [-0.05, 0) is 98.2 Å². The molecule has 0 aliphatic heterocycles. The molecule has 0 bridgehead atoms. The Labute approximate surface area is 215 Å². The fourth-order valence-corrected chi connectivity index (χ4v) is 9.34. The van der Waals surface area contributed by atoms with Crippen molar-refractivity contribution in [3.8, 4) is 0 Å². The van der Waals surface area contributed by atoms with Crippen molar-refractivity contribution in [2.24, 2.45) is 46.3 Å². The molecule has 0 saturated heterocycles. The van der Waals surface area contributed by atoms with Crippen LogP contribution in [0.2, 0.25) is 0 Å². The summed E-state index contributed by atoms with van der Waals surface area (Å²) in [5, 5.41) is -0.152. The predicted octanol–water partition coefficient (Wildman–Crippen LogP) is 8.96. The van der Waals surface area contributed by atoms with E-state index in [0.717, 1.165) is 48.3 Å². The van der Waals surface area contributed by atoms with Crippen molar-refractivity contribution < 1.29 is 9.53 Å². The maximum absolute atomic E-state index is 12.2. The van der Waals surface area contributed by atoms with Crippen LogP contribution in [-0.2, 0) is 9.53 Å². The number of fused-ring (bicyclic) bond motifs is 5. The zero-order valence-corrected chi connectivity index (χ0v) is 23.6. The largest absolute Gasteiger partial charge is 0.462 e. The highest BCUT2D eigenvalue weighted by Gasteiger charge is 2.59. The molecule has 194 valence electrons. The summed E-state index contributed by atoms with van der Waals surface area (Å²) in [6.45, 7) is 14.4. The SMILES string of the molecule is CC(C)CCC[C@H](C)[C@@H]1CC[C@@H]2[C@H]3CC=C4C[C@@H](OC(=O)C[C@@H](C)Cl)CC[C@]4(C)[C@@H]3CC[C@@]21C. The Kier molecular flexibility index (Phi) is 8.18. The fourth-order valence-electron chi connectivity index (χ4n) is 9.22. The molecule has 0 amide bonds. The molecule has 4 rings (SSSR count). The van der Waals surface area contributed by atoms with Gasteiger partial charge >= 0.3 is 5.97 Å². The molecule has 0 aromatic rings. The first-order chi connectivity index (χ1) is 16.0. The molecule has 34 heavy (non-hydrogen) atoms. The molecule has 3 heteroatoms. The summed E-state index contributed by atoms with van der Waals surface area (Å²) in [6, 6.07) is 0. The van der Waals surface area contributed by atoms with Crippen molar-refractivity contribution in [3.63, 3.8) is 0 Å². The molecule has 0 aromatic carbocycles. The molecular formula is C31H51ClO2. The van der Waals surface area contributed by atoms with Gasteiger partial charge in [-0.15, -0.1) is 11.6 Å². The van der Waals surface area contributed by atoms with Gasteiger partial charge in [0.25, 0.3) is 0 Å². The molecular weight excluding hydrogens is 440 g/mol. The van der Waals surface area contributed by atoms with Crippen LogP contribution in [0, 0.1) is 46.3 Å². The van der Waals surface area contributed by atoms with Gasteiger partial charge in [-0.2, -0.15) is 0 Å². The number of halogens is 1. The number of ether oxygens (including phenoxy) is 1. The van der Waals surface area contributed by atoms with E-state index in [1.165, 1.54) is 57.8 Å².